The highest BCUT2D eigenvalue weighted by atomic mass is 16.6. The Morgan fingerprint density at radius 1 is 1.19 bits per heavy atom. The summed E-state index contributed by atoms with van der Waals surface area (Å²) in [6, 6.07) is 16.1. The number of fused-ring (bicyclic) bond motifs is 1. The quantitative estimate of drug-likeness (QED) is 0.626. The number of nitrogens with zero attached hydrogens (tertiary/aromatic N) is 3. The number of para-hydroxylation sites is 2. The summed E-state index contributed by atoms with van der Waals surface area (Å²) in [6.45, 7) is 1.47. The second-order valence-corrected chi connectivity index (χ2v) is 6.30. The van der Waals surface area contributed by atoms with Gasteiger partial charge in [-0.25, -0.2) is 0 Å². The Kier molecular flexibility index (Phi) is 3.72. The molecule has 2 heterocycles. The van der Waals surface area contributed by atoms with Crippen LogP contribution in [0.5, 0.6) is 5.75 Å². The summed E-state index contributed by atoms with van der Waals surface area (Å²) in [6.07, 6.45) is 0.456. The first-order valence-corrected chi connectivity index (χ1v) is 8.45. The average Bonchev–Trinajstić information content (AvgIpc) is 3.12. The summed E-state index contributed by atoms with van der Waals surface area (Å²) < 4.78 is 6.11. The molecule has 2 aromatic rings. The smallest absolute Gasteiger partial charge is 0.298 e. The standard InChI is InChI=1S/C19H17N3O4/c1-2-17-19(18(23)22(20-17)13-8-4-3-5-9-13)15(12-21(24)25)14-10-6-7-11-16(14)26-19/h3-11,15H,2,12H2,1H3/t15-,19-/m0/s1. The van der Waals surface area contributed by atoms with Crippen molar-refractivity contribution in [3.8, 4) is 5.75 Å². The first-order valence-electron chi connectivity index (χ1n) is 8.45. The van der Waals surface area contributed by atoms with E-state index in [9.17, 15) is 14.9 Å². The molecule has 0 fully saturated rings. The van der Waals surface area contributed by atoms with Crippen molar-refractivity contribution in [3.63, 3.8) is 0 Å². The number of hydrogen-bond acceptors (Lipinski definition) is 5. The number of carbonyl (C=O) groups is 1. The second kappa shape index (κ2) is 5.94. The number of amides is 1. The second-order valence-electron chi connectivity index (χ2n) is 6.30. The van der Waals surface area contributed by atoms with Gasteiger partial charge in [-0.3, -0.25) is 14.9 Å². The molecule has 4 rings (SSSR count). The van der Waals surface area contributed by atoms with Gasteiger partial charge in [-0.1, -0.05) is 43.3 Å². The molecule has 26 heavy (non-hydrogen) atoms. The summed E-state index contributed by atoms with van der Waals surface area (Å²) in [5.74, 6) is -0.596. The Hall–Kier alpha value is -3.22. The van der Waals surface area contributed by atoms with Gasteiger partial charge in [0.1, 0.15) is 11.7 Å². The molecule has 0 N–H and O–H groups in total. The van der Waals surface area contributed by atoms with Crippen molar-refractivity contribution < 1.29 is 14.5 Å². The molecule has 132 valence electrons. The molecule has 2 aliphatic heterocycles. The minimum Gasteiger partial charge on any atom is -0.470 e. The van der Waals surface area contributed by atoms with Gasteiger partial charge < -0.3 is 4.74 Å². The predicted molar refractivity (Wildman–Crippen MR) is 96.1 cm³/mol. The van der Waals surface area contributed by atoms with E-state index in [1.807, 2.05) is 25.1 Å². The van der Waals surface area contributed by atoms with E-state index in [-0.39, 0.29) is 5.91 Å². The first kappa shape index (κ1) is 16.3. The van der Waals surface area contributed by atoms with Gasteiger partial charge in [-0.05, 0) is 24.6 Å². The third kappa shape index (κ3) is 2.20. The van der Waals surface area contributed by atoms with Crippen LogP contribution < -0.4 is 9.75 Å². The van der Waals surface area contributed by atoms with Crippen molar-refractivity contribution >= 4 is 17.3 Å². The van der Waals surface area contributed by atoms with Crippen LogP contribution in [-0.2, 0) is 4.79 Å². The van der Waals surface area contributed by atoms with Crippen LogP contribution in [0.2, 0.25) is 0 Å². The van der Waals surface area contributed by atoms with Gasteiger partial charge in [0.15, 0.2) is 0 Å². The van der Waals surface area contributed by atoms with E-state index >= 15 is 0 Å². The Labute approximate surface area is 150 Å². The molecule has 7 nitrogen and oxygen atoms in total. The Morgan fingerprint density at radius 2 is 1.88 bits per heavy atom. The monoisotopic (exact) mass is 351 g/mol. The molecular formula is C19H17N3O4. The number of benzene rings is 2. The Morgan fingerprint density at radius 3 is 2.58 bits per heavy atom. The van der Waals surface area contributed by atoms with E-state index in [2.05, 4.69) is 5.10 Å². The number of hydrazone groups is 1. The van der Waals surface area contributed by atoms with Crippen molar-refractivity contribution in [2.45, 2.75) is 24.9 Å². The molecule has 1 amide bonds. The zero-order chi connectivity index (χ0) is 18.3. The lowest BCUT2D eigenvalue weighted by molar-refractivity contribution is -0.484. The van der Waals surface area contributed by atoms with Crippen LogP contribution >= 0.6 is 0 Å². The van der Waals surface area contributed by atoms with E-state index in [4.69, 9.17) is 4.74 Å². The average molecular weight is 351 g/mol. The minimum absolute atomic E-state index is 0.386. The number of hydrogen-bond donors (Lipinski definition) is 0. The maximum absolute atomic E-state index is 13.4. The lowest BCUT2D eigenvalue weighted by atomic mass is 9.79. The topological polar surface area (TPSA) is 85.0 Å². The third-order valence-corrected chi connectivity index (χ3v) is 4.88. The lowest BCUT2D eigenvalue weighted by Crippen LogP contribution is -2.54. The number of carbonyl (C=O) groups excluding carboxylic acids is 1. The van der Waals surface area contributed by atoms with Crippen LogP contribution in [0.4, 0.5) is 5.69 Å². The SMILES string of the molecule is CCC1=NN(c2ccccc2)C(=O)[C@@]12Oc1ccccc1[C@@H]2C[N+](=O)[O-]. The van der Waals surface area contributed by atoms with E-state index in [0.717, 1.165) is 0 Å². The van der Waals surface area contributed by atoms with Gasteiger partial charge in [-0.2, -0.15) is 10.1 Å². The van der Waals surface area contributed by atoms with Gasteiger partial charge in [-0.15, -0.1) is 0 Å². The van der Waals surface area contributed by atoms with Crippen molar-refractivity contribution in [1.29, 1.82) is 0 Å². The third-order valence-electron chi connectivity index (χ3n) is 4.88. The molecule has 0 aliphatic carbocycles. The van der Waals surface area contributed by atoms with Gasteiger partial charge in [0.05, 0.1) is 11.4 Å². The largest absolute Gasteiger partial charge is 0.470 e. The van der Waals surface area contributed by atoms with Crippen molar-refractivity contribution in [1.82, 2.24) is 0 Å². The fraction of sp³-hybridized carbons (Fsp3) is 0.263. The predicted octanol–water partition coefficient (Wildman–Crippen LogP) is 2.99. The number of rotatable bonds is 4. The van der Waals surface area contributed by atoms with Gasteiger partial charge >= 0.3 is 0 Å². The molecule has 7 heteroatoms. The van der Waals surface area contributed by atoms with Crippen molar-refractivity contribution in [3.05, 3.63) is 70.3 Å². The maximum atomic E-state index is 13.4. The van der Waals surface area contributed by atoms with Gasteiger partial charge in [0.25, 0.3) is 5.91 Å². The summed E-state index contributed by atoms with van der Waals surface area (Å²) in [5, 5.41) is 17.1. The van der Waals surface area contributed by atoms with E-state index in [1.165, 1.54) is 5.01 Å². The maximum Gasteiger partial charge on any atom is 0.298 e. The van der Waals surface area contributed by atoms with Gasteiger partial charge in [0, 0.05) is 10.5 Å². The molecule has 2 aromatic carbocycles. The zero-order valence-electron chi connectivity index (χ0n) is 14.2. The van der Waals surface area contributed by atoms with Crippen LogP contribution in [0, 0.1) is 10.1 Å². The fourth-order valence-corrected chi connectivity index (χ4v) is 3.75. The normalized spacial score (nSPS) is 23.7. The minimum atomic E-state index is -1.46. The highest BCUT2D eigenvalue weighted by Crippen LogP contribution is 2.49. The van der Waals surface area contributed by atoms with E-state index in [1.54, 1.807) is 36.4 Å². The lowest BCUT2D eigenvalue weighted by Gasteiger charge is -2.28. The molecule has 0 bridgehead atoms. The Balaban J connectivity index is 1.85. The zero-order valence-corrected chi connectivity index (χ0v) is 14.2. The molecular weight excluding hydrogens is 334 g/mol. The summed E-state index contributed by atoms with van der Waals surface area (Å²) >= 11 is 0. The first-order chi connectivity index (χ1) is 12.6. The molecule has 2 atom stereocenters. The molecule has 0 unspecified atom stereocenters. The van der Waals surface area contributed by atoms with E-state index in [0.29, 0.717) is 29.1 Å². The van der Waals surface area contributed by atoms with Gasteiger partial charge in [0.2, 0.25) is 12.1 Å². The molecule has 0 saturated carbocycles. The van der Waals surface area contributed by atoms with Crippen LogP contribution in [0.3, 0.4) is 0 Å². The van der Waals surface area contributed by atoms with Crippen molar-refractivity contribution in [2.24, 2.45) is 5.10 Å². The van der Waals surface area contributed by atoms with Crippen LogP contribution in [0.1, 0.15) is 24.8 Å². The fourth-order valence-electron chi connectivity index (χ4n) is 3.75. The summed E-state index contributed by atoms with van der Waals surface area (Å²) in [7, 11) is 0. The summed E-state index contributed by atoms with van der Waals surface area (Å²) in [5.41, 5.74) is 0.337. The molecule has 0 saturated heterocycles. The highest BCUT2D eigenvalue weighted by Gasteiger charge is 2.64. The molecule has 2 aliphatic rings. The van der Waals surface area contributed by atoms with Crippen LogP contribution in [0.15, 0.2) is 59.7 Å². The van der Waals surface area contributed by atoms with Crippen LogP contribution in [0.25, 0.3) is 0 Å². The summed E-state index contributed by atoms with van der Waals surface area (Å²) in [4.78, 5) is 24.4. The molecule has 0 radical (unpaired) electrons. The van der Waals surface area contributed by atoms with Crippen LogP contribution in [-0.4, -0.2) is 28.7 Å². The van der Waals surface area contributed by atoms with Crippen molar-refractivity contribution in [2.75, 3.05) is 11.6 Å². The molecule has 1 spiro atoms. The van der Waals surface area contributed by atoms with E-state index < -0.39 is 23.0 Å². The number of nitro groups is 1. The highest BCUT2D eigenvalue weighted by molar-refractivity contribution is 6.23. The molecule has 0 aromatic heterocycles. The number of anilines is 1. The number of ether oxygens (including phenoxy) is 1. The Bertz CT molecular complexity index is 912.